The van der Waals surface area contributed by atoms with E-state index in [1.54, 1.807) is 13.4 Å². The number of fused-ring (bicyclic) bond motifs is 3. The Morgan fingerprint density at radius 3 is 2.54 bits per heavy atom. The van der Waals surface area contributed by atoms with Gasteiger partial charge in [-0.05, 0) is 56.0 Å². The maximum atomic E-state index is 12.6. The molecule has 59 heavy (non-hydrogen) atoms. The quantitative estimate of drug-likeness (QED) is 0.0808. The van der Waals surface area contributed by atoms with Gasteiger partial charge < -0.3 is 25.7 Å². The number of amides is 1. The van der Waals surface area contributed by atoms with Gasteiger partial charge in [-0.3, -0.25) is 4.79 Å². The molecule has 4 N–H and O–H groups in total. The highest BCUT2D eigenvalue weighted by Gasteiger charge is 2.44. The predicted octanol–water partition coefficient (Wildman–Crippen LogP) is 6.70. The molecule has 0 saturated carbocycles. The number of carbonyl (C=O) groups excluding carboxylic acids is 1. The smallest absolute Gasteiger partial charge is 0.245 e. The highest BCUT2D eigenvalue weighted by Crippen LogP contribution is 2.49. The highest BCUT2D eigenvalue weighted by atomic mass is 16.5. The molecule has 6 aromatic rings. The third kappa shape index (κ3) is 7.75. The van der Waals surface area contributed by atoms with E-state index < -0.39 is 5.41 Å². The van der Waals surface area contributed by atoms with E-state index in [0.29, 0.717) is 36.6 Å². The molecule has 0 fully saturated rings. The number of rotatable bonds is 14. The van der Waals surface area contributed by atoms with Crippen LogP contribution in [0.5, 0.6) is 5.88 Å². The number of hydrogen-bond acceptors (Lipinski definition) is 9. The molecular formula is C46H50N11O2+. The van der Waals surface area contributed by atoms with E-state index in [1.807, 2.05) is 35.1 Å². The molecule has 2 aliphatic rings. The molecule has 13 heteroatoms. The fraction of sp³-hybridized carbons (Fsp3) is 0.283. The topological polar surface area (TPSA) is 156 Å². The van der Waals surface area contributed by atoms with Gasteiger partial charge in [0.1, 0.15) is 18.7 Å². The number of nitrogens with zero attached hydrogens (tertiary/aromatic N) is 8. The van der Waals surface area contributed by atoms with E-state index in [4.69, 9.17) is 10.5 Å². The average Bonchev–Trinajstić information content (AvgIpc) is 3.99. The van der Waals surface area contributed by atoms with Crippen LogP contribution in [0.15, 0.2) is 121 Å². The molecule has 3 aromatic heterocycles. The maximum absolute atomic E-state index is 12.6. The molecule has 0 unspecified atom stereocenters. The number of imidazole rings is 1. The van der Waals surface area contributed by atoms with Crippen LogP contribution in [0, 0.1) is 0 Å². The summed E-state index contributed by atoms with van der Waals surface area (Å²) in [6.07, 6.45) is 16.4. The van der Waals surface area contributed by atoms with E-state index in [-0.39, 0.29) is 17.3 Å². The van der Waals surface area contributed by atoms with Crippen molar-refractivity contribution in [2.24, 2.45) is 0 Å². The van der Waals surface area contributed by atoms with Gasteiger partial charge >= 0.3 is 0 Å². The Hall–Kier alpha value is -6.89. The Balaban J connectivity index is 0.914. The summed E-state index contributed by atoms with van der Waals surface area (Å²) in [6.45, 7) is 8.54. The number of likely N-dealkylation sites (N-methyl/N-ethyl adjacent to an activating group) is 1. The highest BCUT2D eigenvalue weighted by molar-refractivity contribution is 6.03. The fourth-order valence-corrected chi connectivity index (χ4v) is 8.46. The number of aryl methyl sites for hydroxylation is 1. The van der Waals surface area contributed by atoms with Crippen LogP contribution < -0.4 is 20.7 Å². The summed E-state index contributed by atoms with van der Waals surface area (Å²) >= 11 is 0. The number of hydrogen-bond donors (Lipinski definition) is 3. The Bertz CT molecular complexity index is 2630. The number of nitrogens with two attached hydrogens (primary N) is 1. The van der Waals surface area contributed by atoms with Crippen molar-refractivity contribution in [3.8, 4) is 5.88 Å². The van der Waals surface area contributed by atoms with Crippen molar-refractivity contribution < 1.29 is 14.1 Å². The molecule has 2 aliphatic heterocycles. The number of benzene rings is 3. The third-order valence-electron chi connectivity index (χ3n) is 11.5. The zero-order valence-electron chi connectivity index (χ0n) is 34.2. The largest absolute Gasteiger partial charge is 0.471 e. The van der Waals surface area contributed by atoms with Crippen LogP contribution in [0.2, 0.25) is 0 Å². The second-order valence-electron chi connectivity index (χ2n) is 15.8. The number of nitrogens with one attached hydrogen (secondary N) is 2. The number of anilines is 2. The Morgan fingerprint density at radius 2 is 1.73 bits per heavy atom. The zero-order chi connectivity index (χ0) is 41.1. The summed E-state index contributed by atoms with van der Waals surface area (Å²) < 4.78 is 10.3. The first-order valence-corrected chi connectivity index (χ1v) is 19.9. The minimum absolute atomic E-state index is 0.0191. The number of ether oxygens (including phenoxy) is 1. The predicted molar refractivity (Wildman–Crippen MR) is 231 cm³/mol. The molecule has 5 heterocycles. The summed E-state index contributed by atoms with van der Waals surface area (Å²) in [4.78, 5) is 30.3. The third-order valence-corrected chi connectivity index (χ3v) is 11.5. The van der Waals surface area contributed by atoms with Gasteiger partial charge in [-0.15, -0.1) is 5.10 Å². The lowest BCUT2D eigenvalue weighted by Crippen LogP contribution is -2.33. The van der Waals surface area contributed by atoms with E-state index in [9.17, 15) is 4.79 Å². The molecule has 13 nitrogen and oxygen atoms in total. The normalized spacial score (nSPS) is 17.8. The van der Waals surface area contributed by atoms with Gasteiger partial charge in [0.2, 0.25) is 23.4 Å². The average molecular weight is 789 g/mol. The lowest BCUT2D eigenvalue weighted by atomic mass is 9.78. The maximum Gasteiger partial charge on any atom is 0.245 e. The lowest BCUT2D eigenvalue weighted by Gasteiger charge is -2.27. The van der Waals surface area contributed by atoms with Crippen LogP contribution in [-0.4, -0.2) is 71.8 Å². The Morgan fingerprint density at radius 1 is 0.966 bits per heavy atom. The summed E-state index contributed by atoms with van der Waals surface area (Å²) in [5.74, 6) is 0.509. The van der Waals surface area contributed by atoms with Crippen molar-refractivity contribution in [2.75, 3.05) is 31.3 Å². The molecule has 0 radical (unpaired) electrons. The van der Waals surface area contributed by atoms with Crippen molar-refractivity contribution >= 4 is 40.1 Å². The molecule has 0 bridgehead atoms. The van der Waals surface area contributed by atoms with Crippen molar-refractivity contribution in [3.63, 3.8) is 0 Å². The zero-order valence-corrected chi connectivity index (χ0v) is 34.2. The monoisotopic (exact) mass is 788 g/mol. The van der Waals surface area contributed by atoms with Gasteiger partial charge in [0.15, 0.2) is 11.4 Å². The lowest BCUT2D eigenvalue weighted by molar-refractivity contribution is -0.438. The van der Waals surface area contributed by atoms with Crippen LogP contribution in [0.3, 0.4) is 0 Å². The first kappa shape index (κ1) is 39.0. The molecule has 300 valence electrons. The van der Waals surface area contributed by atoms with Gasteiger partial charge in [-0.1, -0.05) is 84.1 Å². The van der Waals surface area contributed by atoms with Crippen molar-refractivity contribution in [2.45, 2.75) is 64.0 Å². The molecule has 0 spiro atoms. The number of aromatic nitrogens is 7. The molecule has 3 aromatic carbocycles. The van der Waals surface area contributed by atoms with Crippen LogP contribution in [-0.2, 0) is 35.2 Å². The van der Waals surface area contributed by atoms with Crippen LogP contribution in [0.4, 0.5) is 17.3 Å². The molecule has 1 atom stereocenters. The van der Waals surface area contributed by atoms with Gasteiger partial charge in [0, 0.05) is 67.6 Å². The Labute approximate surface area is 344 Å². The second kappa shape index (κ2) is 16.2. The summed E-state index contributed by atoms with van der Waals surface area (Å²) in [5.41, 5.74) is 16.6. The SMILES string of the molecule is CNC(=O)C[C@]1(C)\C(=C/C=C/C=C/C2=[N+](CCCc3cn(Cc4ccc(COc5nc(N)nc6nc[nH]c56)cc4)nn3)c3ccccc3C2(C)C)N(C)c2ccccc21. The minimum atomic E-state index is -0.432. The van der Waals surface area contributed by atoms with Crippen molar-refractivity contribution in [1.82, 2.24) is 40.2 Å². The molecular weight excluding hydrogens is 739 g/mol. The van der Waals surface area contributed by atoms with Gasteiger partial charge in [0.05, 0.1) is 24.0 Å². The van der Waals surface area contributed by atoms with Crippen molar-refractivity contribution in [3.05, 3.63) is 149 Å². The van der Waals surface area contributed by atoms with E-state index in [1.165, 1.54) is 17.0 Å². The molecule has 8 rings (SSSR count). The number of para-hydroxylation sites is 2. The van der Waals surface area contributed by atoms with Gasteiger partial charge in [-0.2, -0.15) is 14.5 Å². The standard InChI is InChI=1S/C46H49N11O2/c1-45(2)34-15-9-12-18-37(34)57(38(45)19-7-6-8-20-39-46(3,26-40(58)48-4)35-16-10-11-17-36(35)55(39)5)25-13-14-33-28-56(54-53-33)27-31-21-23-32(24-22-31)29-59-43-41-42(50-30-49-41)51-44(47)52-43/h6-12,15-24,28,30H,13-14,25-27,29H2,1-5H3,(H3-,47,48,49,50,51,52,53,54,58)/p+1/t46-/m0/s1. The van der Waals surface area contributed by atoms with E-state index in [2.05, 4.69) is 152 Å². The number of allylic oxidation sites excluding steroid dienone is 6. The second-order valence-corrected chi connectivity index (χ2v) is 15.8. The van der Waals surface area contributed by atoms with Gasteiger partial charge in [0.25, 0.3) is 0 Å². The van der Waals surface area contributed by atoms with E-state index >= 15 is 0 Å². The van der Waals surface area contributed by atoms with Gasteiger partial charge in [-0.25, -0.2) is 9.67 Å². The minimum Gasteiger partial charge on any atom is -0.471 e. The number of H-pyrrole nitrogens is 1. The number of nitrogen functional groups attached to an aromatic ring is 1. The van der Waals surface area contributed by atoms with E-state index in [0.717, 1.165) is 53.2 Å². The number of carbonyl (C=O) groups is 1. The molecule has 1 amide bonds. The van der Waals surface area contributed by atoms with Crippen LogP contribution in [0.25, 0.3) is 11.2 Å². The number of aromatic amines is 1. The van der Waals surface area contributed by atoms with Crippen LogP contribution >= 0.6 is 0 Å². The molecule has 0 aliphatic carbocycles. The first-order chi connectivity index (χ1) is 28.5. The molecule has 0 saturated heterocycles. The summed E-state index contributed by atoms with van der Waals surface area (Å²) in [7, 11) is 3.77. The summed E-state index contributed by atoms with van der Waals surface area (Å²) in [5, 5.41) is 11.8. The summed E-state index contributed by atoms with van der Waals surface area (Å²) in [6, 6.07) is 25.2. The Kier molecular flexibility index (Phi) is 10.7. The van der Waals surface area contributed by atoms with Crippen molar-refractivity contribution in [1.29, 1.82) is 0 Å². The first-order valence-electron chi connectivity index (χ1n) is 19.9. The fourth-order valence-electron chi connectivity index (χ4n) is 8.46. The van der Waals surface area contributed by atoms with Crippen LogP contribution in [0.1, 0.15) is 61.6 Å².